The van der Waals surface area contributed by atoms with E-state index in [-0.39, 0.29) is 16.6 Å². The molecule has 38 heavy (non-hydrogen) atoms. The number of benzene rings is 4. The van der Waals surface area contributed by atoms with E-state index in [1.165, 1.54) is 40.9 Å². The lowest BCUT2D eigenvalue weighted by atomic mass is 10.2. The maximum atomic E-state index is 13.5. The number of nitrogens with zero attached hydrogens (tertiary/aromatic N) is 2. The van der Waals surface area contributed by atoms with Crippen LogP contribution in [0.4, 0.5) is 11.4 Å². The van der Waals surface area contributed by atoms with Crippen LogP contribution in [-0.4, -0.2) is 19.5 Å². The molecular formula is C28H18Cl2N2O4S2. The lowest BCUT2D eigenvalue weighted by molar-refractivity contribution is -0.113. The SMILES string of the molecule is O=C1/C(=C/c2ccc(OS(=O)(=O)c3ccccc3)cc2)SC(=Nc2ccc(Cl)cc2)N1c1ccc(Cl)cc1. The highest BCUT2D eigenvalue weighted by Gasteiger charge is 2.34. The molecule has 10 heteroatoms. The summed E-state index contributed by atoms with van der Waals surface area (Å²) in [7, 11) is -3.95. The van der Waals surface area contributed by atoms with E-state index in [0.717, 1.165) is 0 Å². The minimum absolute atomic E-state index is 0.0638. The fourth-order valence-electron chi connectivity index (χ4n) is 3.53. The molecule has 0 saturated carbocycles. The van der Waals surface area contributed by atoms with Gasteiger partial charge in [-0.2, -0.15) is 8.42 Å². The first-order valence-electron chi connectivity index (χ1n) is 11.2. The van der Waals surface area contributed by atoms with Crippen LogP contribution >= 0.6 is 35.0 Å². The van der Waals surface area contributed by atoms with Crippen molar-refractivity contribution >= 4 is 73.6 Å². The second-order valence-electron chi connectivity index (χ2n) is 8.02. The summed E-state index contributed by atoms with van der Waals surface area (Å²) in [5, 5.41) is 1.61. The lowest BCUT2D eigenvalue weighted by Gasteiger charge is -2.15. The van der Waals surface area contributed by atoms with Crippen LogP contribution in [0.2, 0.25) is 10.0 Å². The van der Waals surface area contributed by atoms with Crippen molar-refractivity contribution in [2.45, 2.75) is 4.90 Å². The Morgan fingerprint density at radius 3 is 2.03 bits per heavy atom. The quantitative estimate of drug-likeness (QED) is 0.173. The summed E-state index contributed by atoms with van der Waals surface area (Å²) in [6.07, 6.45) is 1.72. The molecule has 4 aromatic rings. The van der Waals surface area contributed by atoms with Gasteiger partial charge >= 0.3 is 10.1 Å². The molecule has 0 N–H and O–H groups in total. The Labute approximate surface area is 234 Å². The van der Waals surface area contributed by atoms with Crippen LogP contribution in [0.25, 0.3) is 6.08 Å². The van der Waals surface area contributed by atoms with Crippen LogP contribution in [0.5, 0.6) is 5.75 Å². The van der Waals surface area contributed by atoms with Crippen molar-refractivity contribution in [3.8, 4) is 5.75 Å². The number of hydrogen-bond donors (Lipinski definition) is 0. The van der Waals surface area contributed by atoms with Gasteiger partial charge in [0.2, 0.25) is 0 Å². The number of carbonyl (C=O) groups excluding carboxylic acids is 1. The molecule has 1 aliphatic heterocycles. The predicted octanol–water partition coefficient (Wildman–Crippen LogP) is 7.57. The molecule has 6 nitrogen and oxygen atoms in total. The van der Waals surface area contributed by atoms with E-state index in [2.05, 4.69) is 4.99 Å². The highest BCUT2D eigenvalue weighted by atomic mass is 35.5. The molecule has 0 atom stereocenters. The molecule has 0 spiro atoms. The molecule has 0 bridgehead atoms. The van der Waals surface area contributed by atoms with E-state index in [9.17, 15) is 13.2 Å². The molecule has 0 aromatic heterocycles. The van der Waals surface area contributed by atoms with Crippen molar-refractivity contribution in [1.29, 1.82) is 0 Å². The first-order valence-corrected chi connectivity index (χ1v) is 14.2. The number of aliphatic imine (C=N–C) groups is 1. The summed E-state index contributed by atoms with van der Waals surface area (Å²) >= 11 is 13.3. The van der Waals surface area contributed by atoms with Gasteiger partial charge in [-0.1, -0.05) is 53.5 Å². The third kappa shape index (κ3) is 5.95. The van der Waals surface area contributed by atoms with Crippen molar-refractivity contribution in [2.75, 3.05) is 4.90 Å². The third-order valence-corrected chi connectivity index (χ3v) is 8.09. The van der Waals surface area contributed by atoms with Gasteiger partial charge in [-0.15, -0.1) is 0 Å². The van der Waals surface area contributed by atoms with Gasteiger partial charge in [-0.3, -0.25) is 9.69 Å². The normalized spacial score (nSPS) is 15.8. The van der Waals surface area contributed by atoms with Crippen LogP contribution < -0.4 is 9.08 Å². The number of amides is 1. The van der Waals surface area contributed by atoms with E-state index in [4.69, 9.17) is 27.4 Å². The lowest BCUT2D eigenvalue weighted by Crippen LogP contribution is -2.28. The van der Waals surface area contributed by atoms with E-state index in [0.29, 0.717) is 37.1 Å². The maximum absolute atomic E-state index is 13.5. The molecule has 1 heterocycles. The Bertz CT molecular complexity index is 1640. The molecule has 0 radical (unpaired) electrons. The second-order valence-corrected chi connectivity index (χ2v) is 11.4. The maximum Gasteiger partial charge on any atom is 0.339 e. The Morgan fingerprint density at radius 2 is 1.39 bits per heavy atom. The zero-order chi connectivity index (χ0) is 26.7. The molecule has 0 unspecified atom stereocenters. The van der Waals surface area contributed by atoms with Gasteiger partial charge in [-0.25, -0.2) is 4.99 Å². The van der Waals surface area contributed by atoms with Crippen molar-refractivity contribution < 1.29 is 17.4 Å². The Kier molecular flexibility index (Phi) is 7.58. The van der Waals surface area contributed by atoms with Crippen LogP contribution in [0.3, 0.4) is 0 Å². The summed E-state index contributed by atoms with van der Waals surface area (Å²) < 4.78 is 30.2. The topological polar surface area (TPSA) is 76.0 Å². The molecule has 1 amide bonds. The summed E-state index contributed by atoms with van der Waals surface area (Å²) in [6.45, 7) is 0. The largest absolute Gasteiger partial charge is 0.379 e. The summed E-state index contributed by atoms with van der Waals surface area (Å²) in [6, 6.07) is 28.2. The van der Waals surface area contributed by atoms with E-state index in [1.807, 2.05) is 0 Å². The Morgan fingerprint density at radius 1 is 0.789 bits per heavy atom. The van der Waals surface area contributed by atoms with Gasteiger partial charge in [0, 0.05) is 10.0 Å². The van der Waals surface area contributed by atoms with Crippen LogP contribution in [0, 0.1) is 0 Å². The molecule has 190 valence electrons. The third-order valence-electron chi connectivity index (χ3n) is 5.36. The zero-order valence-electron chi connectivity index (χ0n) is 19.5. The molecule has 1 fully saturated rings. The van der Waals surface area contributed by atoms with E-state index >= 15 is 0 Å². The molecule has 4 aromatic carbocycles. The van der Waals surface area contributed by atoms with Crippen molar-refractivity contribution in [1.82, 2.24) is 0 Å². The monoisotopic (exact) mass is 580 g/mol. The zero-order valence-corrected chi connectivity index (χ0v) is 22.6. The second kappa shape index (κ2) is 11.0. The van der Waals surface area contributed by atoms with Gasteiger partial charge in [-0.05, 0) is 96.2 Å². The van der Waals surface area contributed by atoms with Crippen molar-refractivity contribution in [3.05, 3.63) is 124 Å². The van der Waals surface area contributed by atoms with Gasteiger partial charge in [0.15, 0.2) is 5.17 Å². The predicted molar refractivity (Wildman–Crippen MR) is 154 cm³/mol. The number of halogens is 2. The standard InChI is InChI=1S/C28H18Cl2N2O4S2/c29-20-8-12-22(13-9-20)31-28-32(23-14-10-21(30)11-15-23)27(33)26(37-28)18-19-6-16-24(17-7-19)36-38(34,35)25-4-2-1-3-5-25/h1-18H/b26-18-,31-28?. The minimum Gasteiger partial charge on any atom is -0.379 e. The molecule has 0 aliphatic carbocycles. The first kappa shape index (κ1) is 26.1. The number of amidine groups is 1. The van der Waals surface area contributed by atoms with Gasteiger partial charge in [0.1, 0.15) is 10.6 Å². The Balaban J connectivity index is 1.42. The number of carbonyl (C=O) groups is 1. The molecule has 1 aliphatic rings. The first-order chi connectivity index (χ1) is 18.3. The smallest absolute Gasteiger partial charge is 0.339 e. The fourth-order valence-corrected chi connectivity index (χ4v) is 5.73. The van der Waals surface area contributed by atoms with E-state index < -0.39 is 10.1 Å². The van der Waals surface area contributed by atoms with Crippen LogP contribution in [0.1, 0.15) is 5.56 Å². The number of thioether (sulfide) groups is 1. The highest BCUT2D eigenvalue weighted by molar-refractivity contribution is 8.19. The van der Waals surface area contributed by atoms with E-state index in [1.54, 1.807) is 84.9 Å². The van der Waals surface area contributed by atoms with Crippen molar-refractivity contribution in [2.24, 2.45) is 4.99 Å². The van der Waals surface area contributed by atoms with Gasteiger partial charge in [0.05, 0.1) is 16.3 Å². The highest BCUT2D eigenvalue weighted by Crippen LogP contribution is 2.38. The van der Waals surface area contributed by atoms with Gasteiger partial charge < -0.3 is 4.18 Å². The molecule has 1 saturated heterocycles. The number of hydrogen-bond acceptors (Lipinski definition) is 6. The average Bonchev–Trinajstić information content (AvgIpc) is 3.21. The summed E-state index contributed by atoms with van der Waals surface area (Å²) in [4.78, 5) is 20.2. The molecular weight excluding hydrogens is 563 g/mol. The molecule has 5 rings (SSSR count). The fraction of sp³-hybridized carbons (Fsp3) is 0. The summed E-state index contributed by atoms with van der Waals surface area (Å²) in [5.41, 5.74) is 1.96. The average molecular weight is 582 g/mol. The number of anilines is 1. The van der Waals surface area contributed by atoms with Crippen LogP contribution in [0.15, 0.2) is 118 Å². The summed E-state index contributed by atoms with van der Waals surface area (Å²) in [5.74, 6) is -0.0915. The van der Waals surface area contributed by atoms with Gasteiger partial charge in [0.25, 0.3) is 5.91 Å². The Hall–Kier alpha value is -3.56. The number of rotatable bonds is 6. The minimum atomic E-state index is -3.95. The van der Waals surface area contributed by atoms with Crippen molar-refractivity contribution in [3.63, 3.8) is 0 Å². The van der Waals surface area contributed by atoms with Crippen LogP contribution in [-0.2, 0) is 14.9 Å².